The van der Waals surface area contributed by atoms with Crippen LogP contribution in [0.15, 0.2) is 0 Å². The molecule has 2 aliphatic rings. The molecule has 1 heterocycles. The molecule has 2 amide bonds. The van der Waals surface area contributed by atoms with Crippen LogP contribution >= 0.6 is 0 Å². The molecular weight excluding hydrogens is 216 g/mol. The summed E-state index contributed by atoms with van der Waals surface area (Å²) in [6.45, 7) is 1.57. The standard InChI is InChI=1S/C13H24N2O2/c1-15(10-12-8-5-9-17-12)13(16)14-11-6-3-2-4-7-11/h11-12H,2-10H2,1H3,(H,14,16)/t12-/m1/s1. The average molecular weight is 240 g/mol. The quantitative estimate of drug-likeness (QED) is 0.821. The predicted octanol–water partition coefficient (Wildman–Crippen LogP) is 2.14. The maximum Gasteiger partial charge on any atom is 0.317 e. The highest BCUT2D eigenvalue weighted by molar-refractivity contribution is 5.74. The largest absolute Gasteiger partial charge is 0.376 e. The fourth-order valence-electron chi connectivity index (χ4n) is 2.71. The molecule has 98 valence electrons. The highest BCUT2D eigenvalue weighted by Crippen LogP contribution is 2.18. The molecule has 0 bridgehead atoms. The van der Waals surface area contributed by atoms with Crippen molar-refractivity contribution in [3.05, 3.63) is 0 Å². The molecule has 17 heavy (non-hydrogen) atoms. The third-order valence-electron chi connectivity index (χ3n) is 3.78. The van der Waals surface area contributed by atoms with Gasteiger partial charge in [-0.15, -0.1) is 0 Å². The first kappa shape index (κ1) is 12.7. The van der Waals surface area contributed by atoms with Crippen LogP contribution in [0, 0.1) is 0 Å². The van der Waals surface area contributed by atoms with Crippen LogP contribution in [0.1, 0.15) is 44.9 Å². The Balaban J connectivity index is 1.70. The van der Waals surface area contributed by atoms with Gasteiger partial charge < -0.3 is 15.0 Å². The first-order chi connectivity index (χ1) is 8.25. The molecule has 1 aliphatic heterocycles. The Kier molecular flexibility index (Phi) is 4.66. The van der Waals surface area contributed by atoms with Crippen LogP contribution in [0.4, 0.5) is 4.79 Å². The average Bonchev–Trinajstić information content (AvgIpc) is 2.83. The number of hydrogen-bond donors (Lipinski definition) is 1. The predicted molar refractivity (Wildman–Crippen MR) is 67.0 cm³/mol. The molecule has 0 aromatic carbocycles. The van der Waals surface area contributed by atoms with E-state index in [9.17, 15) is 4.79 Å². The van der Waals surface area contributed by atoms with Gasteiger partial charge in [0.15, 0.2) is 0 Å². The summed E-state index contributed by atoms with van der Waals surface area (Å²) in [6, 6.07) is 0.454. The van der Waals surface area contributed by atoms with E-state index in [1.165, 1.54) is 19.3 Å². The summed E-state index contributed by atoms with van der Waals surface area (Å²) >= 11 is 0. The molecule has 2 rings (SSSR count). The lowest BCUT2D eigenvalue weighted by molar-refractivity contribution is 0.0867. The SMILES string of the molecule is CN(C[C@H]1CCCO1)C(=O)NC1CCCCC1. The third-order valence-corrected chi connectivity index (χ3v) is 3.78. The number of likely N-dealkylation sites (N-methyl/N-ethyl adjacent to an activating group) is 1. The van der Waals surface area contributed by atoms with Crippen LogP contribution in [-0.4, -0.2) is 43.3 Å². The Morgan fingerprint density at radius 2 is 2.00 bits per heavy atom. The number of carbonyl (C=O) groups excluding carboxylic acids is 1. The van der Waals surface area contributed by atoms with Crippen LogP contribution < -0.4 is 5.32 Å². The van der Waals surface area contributed by atoms with E-state index in [0.29, 0.717) is 6.04 Å². The van der Waals surface area contributed by atoms with Crippen LogP contribution in [0.2, 0.25) is 0 Å². The van der Waals surface area contributed by atoms with Crippen LogP contribution in [-0.2, 0) is 4.74 Å². The van der Waals surface area contributed by atoms with Crippen LogP contribution in [0.3, 0.4) is 0 Å². The molecule has 0 spiro atoms. The Bertz CT molecular complexity index is 246. The fourth-order valence-corrected chi connectivity index (χ4v) is 2.71. The molecule has 0 aromatic rings. The van der Waals surface area contributed by atoms with E-state index in [0.717, 1.165) is 38.8 Å². The normalized spacial score (nSPS) is 25.8. The number of amides is 2. The second kappa shape index (κ2) is 6.24. The molecule has 0 aromatic heterocycles. The van der Waals surface area contributed by atoms with Crippen molar-refractivity contribution in [2.45, 2.75) is 57.1 Å². The number of nitrogens with zero attached hydrogens (tertiary/aromatic N) is 1. The smallest absolute Gasteiger partial charge is 0.317 e. The summed E-state index contributed by atoms with van der Waals surface area (Å²) in [5.41, 5.74) is 0. The second-order valence-electron chi connectivity index (χ2n) is 5.30. The number of carbonyl (C=O) groups is 1. The van der Waals surface area contributed by atoms with Crippen molar-refractivity contribution in [1.82, 2.24) is 10.2 Å². The van der Waals surface area contributed by atoms with Gasteiger partial charge in [0.1, 0.15) is 0 Å². The molecule has 1 N–H and O–H groups in total. The van der Waals surface area contributed by atoms with E-state index < -0.39 is 0 Å². The monoisotopic (exact) mass is 240 g/mol. The zero-order valence-corrected chi connectivity index (χ0v) is 10.8. The Morgan fingerprint density at radius 1 is 1.24 bits per heavy atom. The Morgan fingerprint density at radius 3 is 2.65 bits per heavy atom. The zero-order chi connectivity index (χ0) is 12.1. The molecular formula is C13H24N2O2. The Hall–Kier alpha value is -0.770. The fraction of sp³-hybridized carbons (Fsp3) is 0.923. The summed E-state index contributed by atoms with van der Waals surface area (Å²) in [4.78, 5) is 13.7. The minimum atomic E-state index is 0.0624. The van der Waals surface area contributed by atoms with E-state index >= 15 is 0 Å². The maximum absolute atomic E-state index is 12.0. The van der Waals surface area contributed by atoms with Crippen LogP contribution in [0.25, 0.3) is 0 Å². The van der Waals surface area contributed by atoms with Crippen molar-refractivity contribution in [1.29, 1.82) is 0 Å². The second-order valence-corrected chi connectivity index (χ2v) is 5.30. The summed E-state index contributed by atoms with van der Waals surface area (Å²) < 4.78 is 5.54. The number of urea groups is 1. The molecule has 4 heteroatoms. The van der Waals surface area contributed by atoms with Crippen molar-refractivity contribution in [3.8, 4) is 0 Å². The third kappa shape index (κ3) is 3.87. The molecule has 1 aliphatic carbocycles. The molecule has 1 saturated carbocycles. The van der Waals surface area contributed by atoms with Gasteiger partial charge >= 0.3 is 6.03 Å². The van der Waals surface area contributed by atoms with E-state index in [2.05, 4.69) is 5.32 Å². The molecule has 0 unspecified atom stereocenters. The lowest BCUT2D eigenvalue weighted by atomic mass is 9.96. The molecule has 4 nitrogen and oxygen atoms in total. The summed E-state index contributed by atoms with van der Waals surface area (Å²) in [6.07, 6.45) is 8.55. The number of rotatable bonds is 3. The zero-order valence-electron chi connectivity index (χ0n) is 10.8. The first-order valence-corrected chi connectivity index (χ1v) is 6.89. The lowest BCUT2D eigenvalue weighted by Crippen LogP contribution is -2.46. The van der Waals surface area contributed by atoms with Gasteiger partial charge in [-0.1, -0.05) is 19.3 Å². The Labute approximate surface area is 104 Å². The van der Waals surface area contributed by atoms with Gasteiger partial charge in [0.05, 0.1) is 6.10 Å². The summed E-state index contributed by atoms with van der Waals surface area (Å²) in [7, 11) is 1.86. The maximum atomic E-state index is 12.0. The lowest BCUT2D eigenvalue weighted by Gasteiger charge is -2.27. The minimum absolute atomic E-state index is 0.0624. The minimum Gasteiger partial charge on any atom is -0.376 e. The van der Waals surface area contributed by atoms with Crippen molar-refractivity contribution in [2.24, 2.45) is 0 Å². The van der Waals surface area contributed by atoms with Crippen molar-refractivity contribution in [3.63, 3.8) is 0 Å². The van der Waals surface area contributed by atoms with Crippen molar-refractivity contribution in [2.75, 3.05) is 20.2 Å². The van der Waals surface area contributed by atoms with Gasteiger partial charge in [-0.05, 0) is 25.7 Å². The van der Waals surface area contributed by atoms with Gasteiger partial charge in [-0.2, -0.15) is 0 Å². The van der Waals surface area contributed by atoms with Crippen molar-refractivity contribution < 1.29 is 9.53 Å². The van der Waals surface area contributed by atoms with Gasteiger partial charge in [0.25, 0.3) is 0 Å². The van der Waals surface area contributed by atoms with Gasteiger partial charge in [0, 0.05) is 26.2 Å². The van der Waals surface area contributed by atoms with Crippen molar-refractivity contribution >= 4 is 6.03 Å². The number of nitrogens with one attached hydrogen (secondary N) is 1. The summed E-state index contributed by atoms with van der Waals surface area (Å²) in [5, 5.41) is 3.12. The van der Waals surface area contributed by atoms with E-state index in [-0.39, 0.29) is 12.1 Å². The molecule has 1 saturated heterocycles. The highest BCUT2D eigenvalue weighted by Gasteiger charge is 2.22. The van der Waals surface area contributed by atoms with E-state index in [4.69, 9.17) is 4.74 Å². The topological polar surface area (TPSA) is 41.6 Å². The van der Waals surface area contributed by atoms with E-state index in [1.54, 1.807) is 4.90 Å². The molecule has 2 fully saturated rings. The first-order valence-electron chi connectivity index (χ1n) is 6.89. The van der Waals surface area contributed by atoms with Gasteiger partial charge in [0.2, 0.25) is 0 Å². The van der Waals surface area contributed by atoms with Gasteiger partial charge in [-0.25, -0.2) is 4.79 Å². The molecule has 1 atom stereocenters. The van der Waals surface area contributed by atoms with E-state index in [1.807, 2.05) is 7.05 Å². The number of ether oxygens (including phenoxy) is 1. The summed E-state index contributed by atoms with van der Waals surface area (Å²) in [5.74, 6) is 0. The highest BCUT2D eigenvalue weighted by atomic mass is 16.5. The van der Waals surface area contributed by atoms with Gasteiger partial charge in [-0.3, -0.25) is 0 Å². The molecule has 0 radical (unpaired) electrons. The van der Waals surface area contributed by atoms with Crippen LogP contribution in [0.5, 0.6) is 0 Å². The number of hydrogen-bond acceptors (Lipinski definition) is 2.